The Hall–Kier alpha value is -1.37. The van der Waals surface area contributed by atoms with Gasteiger partial charge in [-0.2, -0.15) is 0 Å². The molecule has 0 spiro atoms. The van der Waals surface area contributed by atoms with E-state index in [1.165, 1.54) is 16.7 Å². The number of hydrogen-bond donors (Lipinski definition) is 0. The maximum absolute atomic E-state index is 11.4. The first kappa shape index (κ1) is 11.1. The lowest BCUT2D eigenvalue weighted by Crippen LogP contribution is -2.21. The van der Waals surface area contributed by atoms with E-state index >= 15 is 0 Å². The van der Waals surface area contributed by atoms with Crippen LogP contribution in [-0.2, 0) is 5.41 Å². The lowest BCUT2D eigenvalue weighted by Gasteiger charge is -2.31. The molecule has 1 aliphatic carbocycles. The average molecular weight is 214 g/mol. The monoisotopic (exact) mass is 214 g/mol. The van der Waals surface area contributed by atoms with Crippen LogP contribution < -0.4 is 0 Å². The van der Waals surface area contributed by atoms with Crippen molar-refractivity contribution in [1.82, 2.24) is 0 Å². The highest BCUT2D eigenvalue weighted by molar-refractivity contribution is 5.95. The van der Waals surface area contributed by atoms with Gasteiger partial charge in [-0.3, -0.25) is 4.79 Å². The van der Waals surface area contributed by atoms with Crippen molar-refractivity contribution in [2.75, 3.05) is 0 Å². The fourth-order valence-corrected chi connectivity index (χ4v) is 2.30. The minimum Gasteiger partial charge on any atom is -0.295 e. The van der Waals surface area contributed by atoms with Gasteiger partial charge in [-0.1, -0.05) is 32.1 Å². The van der Waals surface area contributed by atoms with Crippen molar-refractivity contribution in [3.8, 4) is 0 Å². The second-order valence-electron chi connectivity index (χ2n) is 5.29. The summed E-state index contributed by atoms with van der Waals surface area (Å²) in [5, 5.41) is 0. The standard InChI is InChI=1S/C15H18O/c1-10-7-8-15(3,4)14-9-12(11(2)16)5-6-13(10)14/h5-7,9H,8H2,1-4H3. The predicted octanol–water partition coefficient (Wildman–Crippen LogP) is 3.97. The number of carbonyl (C=O) groups is 1. The highest BCUT2D eigenvalue weighted by Crippen LogP contribution is 2.38. The van der Waals surface area contributed by atoms with E-state index in [1.807, 2.05) is 6.07 Å². The molecule has 1 aromatic carbocycles. The van der Waals surface area contributed by atoms with Crippen LogP contribution in [0.4, 0.5) is 0 Å². The number of ketones is 1. The topological polar surface area (TPSA) is 17.1 Å². The largest absolute Gasteiger partial charge is 0.295 e. The van der Waals surface area contributed by atoms with Crippen LogP contribution in [0, 0.1) is 0 Å². The van der Waals surface area contributed by atoms with Crippen molar-refractivity contribution in [2.24, 2.45) is 0 Å². The summed E-state index contributed by atoms with van der Waals surface area (Å²) in [6.45, 7) is 8.24. The van der Waals surface area contributed by atoms with Crippen LogP contribution in [-0.4, -0.2) is 5.78 Å². The summed E-state index contributed by atoms with van der Waals surface area (Å²) in [5.74, 6) is 0.144. The van der Waals surface area contributed by atoms with E-state index < -0.39 is 0 Å². The number of hydrogen-bond acceptors (Lipinski definition) is 1. The van der Waals surface area contributed by atoms with Gasteiger partial charge in [0.15, 0.2) is 5.78 Å². The fourth-order valence-electron chi connectivity index (χ4n) is 2.30. The van der Waals surface area contributed by atoms with E-state index in [9.17, 15) is 4.79 Å². The van der Waals surface area contributed by atoms with Gasteiger partial charge in [0.2, 0.25) is 0 Å². The number of benzene rings is 1. The first-order valence-electron chi connectivity index (χ1n) is 5.74. The van der Waals surface area contributed by atoms with Crippen molar-refractivity contribution < 1.29 is 4.79 Å². The third-order valence-corrected chi connectivity index (χ3v) is 3.50. The second-order valence-corrected chi connectivity index (χ2v) is 5.29. The molecule has 0 heterocycles. The van der Waals surface area contributed by atoms with Gasteiger partial charge < -0.3 is 0 Å². The van der Waals surface area contributed by atoms with Crippen LogP contribution >= 0.6 is 0 Å². The Kier molecular flexibility index (Phi) is 2.49. The average Bonchev–Trinajstić information content (AvgIpc) is 2.23. The number of allylic oxidation sites excluding steroid dienone is 2. The highest BCUT2D eigenvalue weighted by Gasteiger charge is 2.27. The molecule has 2 rings (SSSR count). The van der Waals surface area contributed by atoms with Crippen LogP contribution in [0.25, 0.3) is 5.57 Å². The van der Waals surface area contributed by atoms with E-state index in [-0.39, 0.29) is 11.2 Å². The Balaban J connectivity index is 2.64. The Morgan fingerprint density at radius 3 is 2.62 bits per heavy atom. The molecular formula is C15H18O. The first-order chi connectivity index (χ1) is 7.42. The Bertz CT molecular complexity index is 478. The third kappa shape index (κ3) is 1.71. The maximum Gasteiger partial charge on any atom is 0.159 e. The molecule has 1 aromatic rings. The lowest BCUT2D eigenvalue weighted by molar-refractivity contribution is 0.101. The zero-order valence-corrected chi connectivity index (χ0v) is 10.4. The van der Waals surface area contributed by atoms with E-state index in [0.717, 1.165) is 12.0 Å². The van der Waals surface area contributed by atoms with Gasteiger partial charge in [-0.15, -0.1) is 0 Å². The summed E-state index contributed by atoms with van der Waals surface area (Å²) >= 11 is 0. The molecule has 0 unspecified atom stereocenters. The summed E-state index contributed by atoms with van der Waals surface area (Å²) in [5.41, 5.74) is 4.88. The maximum atomic E-state index is 11.4. The molecule has 0 N–H and O–H groups in total. The SMILES string of the molecule is CC(=O)c1ccc2c(c1)C(C)(C)CC=C2C. The fraction of sp³-hybridized carbons (Fsp3) is 0.400. The van der Waals surface area contributed by atoms with Crippen molar-refractivity contribution in [3.63, 3.8) is 0 Å². The molecule has 0 aromatic heterocycles. The molecule has 1 nitrogen and oxygen atoms in total. The Labute approximate surface area is 97.2 Å². The van der Waals surface area contributed by atoms with Gasteiger partial charge in [0.25, 0.3) is 0 Å². The number of carbonyl (C=O) groups excluding carboxylic acids is 1. The molecule has 84 valence electrons. The zero-order valence-electron chi connectivity index (χ0n) is 10.4. The highest BCUT2D eigenvalue weighted by atomic mass is 16.1. The molecule has 0 aliphatic heterocycles. The van der Waals surface area contributed by atoms with Crippen LogP contribution in [0.2, 0.25) is 0 Å². The second kappa shape index (κ2) is 3.58. The summed E-state index contributed by atoms with van der Waals surface area (Å²) in [6.07, 6.45) is 3.34. The number of Topliss-reactive ketones (excluding diaryl/α,β-unsaturated/α-hetero) is 1. The van der Waals surface area contributed by atoms with Gasteiger partial charge in [0, 0.05) is 5.56 Å². The zero-order chi connectivity index (χ0) is 11.9. The first-order valence-corrected chi connectivity index (χ1v) is 5.74. The summed E-state index contributed by atoms with van der Waals surface area (Å²) < 4.78 is 0. The van der Waals surface area contributed by atoms with Crippen molar-refractivity contribution >= 4 is 11.4 Å². The van der Waals surface area contributed by atoms with Crippen molar-refractivity contribution in [2.45, 2.75) is 39.5 Å². The smallest absolute Gasteiger partial charge is 0.159 e. The number of rotatable bonds is 1. The van der Waals surface area contributed by atoms with Gasteiger partial charge in [-0.05, 0) is 48.4 Å². The van der Waals surface area contributed by atoms with Gasteiger partial charge in [0.1, 0.15) is 0 Å². The van der Waals surface area contributed by atoms with Crippen LogP contribution in [0.15, 0.2) is 24.3 Å². The molecule has 0 atom stereocenters. The summed E-state index contributed by atoms with van der Waals surface area (Å²) in [6, 6.07) is 6.08. The minimum absolute atomic E-state index is 0.139. The van der Waals surface area contributed by atoms with Gasteiger partial charge >= 0.3 is 0 Å². The van der Waals surface area contributed by atoms with E-state index in [2.05, 4.69) is 39.0 Å². The molecule has 0 amide bonds. The predicted molar refractivity (Wildman–Crippen MR) is 67.7 cm³/mol. The third-order valence-electron chi connectivity index (χ3n) is 3.50. The summed E-state index contributed by atoms with van der Waals surface area (Å²) in [7, 11) is 0. The normalized spacial score (nSPS) is 17.6. The van der Waals surface area contributed by atoms with E-state index in [4.69, 9.17) is 0 Å². The molecule has 16 heavy (non-hydrogen) atoms. The quantitative estimate of drug-likeness (QED) is 0.646. The minimum atomic E-state index is 0.139. The molecule has 0 saturated heterocycles. The van der Waals surface area contributed by atoms with Crippen molar-refractivity contribution in [3.05, 3.63) is 41.0 Å². The molecule has 1 heteroatoms. The molecule has 1 aliphatic rings. The van der Waals surface area contributed by atoms with Crippen LogP contribution in [0.3, 0.4) is 0 Å². The van der Waals surface area contributed by atoms with Crippen molar-refractivity contribution in [1.29, 1.82) is 0 Å². The Morgan fingerprint density at radius 2 is 2.00 bits per heavy atom. The van der Waals surface area contributed by atoms with Gasteiger partial charge in [-0.25, -0.2) is 0 Å². The molecule has 0 saturated carbocycles. The molecule has 0 radical (unpaired) electrons. The number of fused-ring (bicyclic) bond motifs is 1. The molecular weight excluding hydrogens is 196 g/mol. The van der Waals surface area contributed by atoms with Crippen LogP contribution in [0.5, 0.6) is 0 Å². The van der Waals surface area contributed by atoms with E-state index in [1.54, 1.807) is 6.92 Å². The summed E-state index contributed by atoms with van der Waals surface area (Å²) in [4.78, 5) is 11.4. The lowest BCUT2D eigenvalue weighted by atomic mass is 9.73. The van der Waals surface area contributed by atoms with E-state index in [0.29, 0.717) is 0 Å². The Morgan fingerprint density at radius 1 is 1.31 bits per heavy atom. The molecule has 0 fully saturated rings. The molecule has 0 bridgehead atoms. The van der Waals surface area contributed by atoms with Gasteiger partial charge in [0.05, 0.1) is 0 Å². The van der Waals surface area contributed by atoms with Crippen LogP contribution in [0.1, 0.15) is 55.6 Å².